The van der Waals surface area contributed by atoms with Crippen molar-refractivity contribution in [1.82, 2.24) is 5.06 Å². The zero-order valence-corrected chi connectivity index (χ0v) is 19.3. The summed E-state index contributed by atoms with van der Waals surface area (Å²) in [5.74, 6) is -0.533. The lowest BCUT2D eigenvalue weighted by Gasteiger charge is -2.31. The predicted molar refractivity (Wildman–Crippen MR) is 123 cm³/mol. The Bertz CT molecular complexity index is 1180. The third-order valence-electron chi connectivity index (χ3n) is 4.33. The van der Waals surface area contributed by atoms with Crippen molar-refractivity contribution in [3.63, 3.8) is 0 Å². The molecule has 0 fully saturated rings. The fourth-order valence-corrected chi connectivity index (χ4v) is 3.53. The highest BCUT2D eigenvalue weighted by Gasteiger charge is 2.44. The fraction of sp³-hybridized carbons (Fsp3) is 0.227. The van der Waals surface area contributed by atoms with Crippen LogP contribution in [0.15, 0.2) is 65.1 Å². The first-order valence-electron chi connectivity index (χ1n) is 9.87. The van der Waals surface area contributed by atoms with Crippen LogP contribution < -0.4 is 9.47 Å². The Hall–Kier alpha value is -4.08. The van der Waals surface area contributed by atoms with Crippen LogP contribution >= 0.6 is 11.8 Å². The second-order valence-electron chi connectivity index (χ2n) is 6.50. The lowest BCUT2D eigenvalue weighted by atomic mass is 10.2. The summed E-state index contributed by atoms with van der Waals surface area (Å²) in [7, 11) is 1.28. The first-order valence-corrected chi connectivity index (χ1v) is 11.2. The van der Waals surface area contributed by atoms with E-state index in [0.717, 1.165) is 16.8 Å². The molecule has 11 nitrogen and oxygen atoms in total. The van der Waals surface area contributed by atoms with Gasteiger partial charge in [-0.25, -0.2) is 9.79 Å². The van der Waals surface area contributed by atoms with E-state index in [1.807, 2.05) is 12.1 Å². The SMILES string of the molecule is CCOC(=O)C1=NC(SC)N(OC)C(Oc2cc(C#N)cc(Oc3ccccc3)c2)=C1[N+](=O)[O-]. The molecule has 12 heteroatoms. The number of aliphatic imine (C=N–C) groups is 1. The fourth-order valence-electron chi connectivity index (χ4n) is 2.95. The van der Waals surface area contributed by atoms with Crippen molar-refractivity contribution in [3.05, 3.63) is 75.8 Å². The summed E-state index contributed by atoms with van der Waals surface area (Å²) in [5.41, 5.74) is -1.93. The van der Waals surface area contributed by atoms with Gasteiger partial charge in [-0.05, 0) is 37.4 Å². The summed E-state index contributed by atoms with van der Waals surface area (Å²) in [6, 6.07) is 15.2. The molecule has 176 valence electrons. The Morgan fingerprint density at radius 2 is 1.88 bits per heavy atom. The van der Waals surface area contributed by atoms with Gasteiger partial charge in [-0.2, -0.15) is 10.3 Å². The van der Waals surface area contributed by atoms with Crippen LogP contribution in [0.3, 0.4) is 0 Å². The molecule has 0 spiro atoms. The molecule has 2 aromatic rings. The van der Waals surface area contributed by atoms with Gasteiger partial charge in [0.25, 0.3) is 0 Å². The average Bonchev–Trinajstić information content (AvgIpc) is 2.83. The van der Waals surface area contributed by atoms with Gasteiger partial charge in [0.2, 0.25) is 5.71 Å². The number of para-hydroxylation sites is 1. The lowest BCUT2D eigenvalue weighted by Crippen LogP contribution is -2.42. The average molecular weight is 484 g/mol. The summed E-state index contributed by atoms with van der Waals surface area (Å²) < 4.78 is 16.6. The maximum absolute atomic E-state index is 12.4. The quantitative estimate of drug-likeness (QED) is 0.294. The number of ether oxygens (including phenoxy) is 3. The van der Waals surface area contributed by atoms with Crippen LogP contribution in [-0.4, -0.2) is 47.1 Å². The minimum Gasteiger partial charge on any atom is -0.461 e. The van der Waals surface area contributed by atoms with Crippen LogP contribution in [0.1, 0.15) is 12.5 Å². The molecule has 0 N–H and O–H groups in total. The highest BCUT2D eigenvalue weighted by Crippen LogP contribution is 2.33. The highest BCUT2D eigenvalue weighted by molar-refractivity contribution is 7.99. The number of carbonyl (C=O) groups excluding carboxylic acids is 1. The van der Waals surface area contributed by atoms with Crippen molar-refractivity contribution in [2.45, 2.75) is 12.4 Å². The van der Waals surface area contributed by atoms with Crippen molar-refractivity contribution in [2.75, 3.05) is 20.0 Å². The molecule has 0 saturated heterocycles. The van der Waals surface area contributed by atoms with E-state index in [0.29, 0.717) is 5.75 Å². The number of esters is 1. The second kappa shape index (κ2) is 11.2. The molecular weight excluding hydrogens is 464 g/mol. The van der Waals surface area contributed by atoms with Crippen LogP contribution in [0, 0.1) is 21.4 Å². The number of rotatable bonds is 9. The van der Waals surface area contributed by atoms with E-state index in [4.69, 9.17) is 19.0 Å². The summed E-state index contributed by atoms with van der Waals surface area (Å²) in [5, 5.41) is 22.5. The number of nitriles is 1. The Balaban J connectivity index is 2.09. The highest BCUT2D eigenvalue weighted by atomic mass is 32.2. The Labute approximate surface area is 199 Å². The van der Waals surface area contributed by atoms with Crippen molar-refractivity contribution >= 4 is 23.4 Å². The molecule has 0 aromatic heterocycles. The van der Waals surface area contributed by atoms with Gasteiger partial charge in [0.15, 0.2) is 5.50 Å². The number of hydroxylamine groups is 2. The van der Waals surface area contributed by atoms with E-state index < -0.39 is 33.7 Å². The maximum Gasteiger partial charge on any atom is 0.364 e. The van der Waals surface area contributed by atoms with E-state index >= 15 is 0 Å². The van der Waals surface area contributed by atoms with Crippen LogP contribution in [-0.2, 0) is 14.4 Å². The summed E-state index contributed by atoms with van der Waals surface area (Å²) in [6.45, 7) is 1.57. The number of thioether (sulfide) groups is 1. The smallest absolute Gasteiger partial charge is 0.364 e. The molecule has 1 heterocycles. The van der Waals surface area contributed by atoms with Gasteiger partial charge in [-0.1, -0.05) is 18.2 Å². The van der Waals surface area contributed by atoms with Crippen molar-refractivity contribution in [3.8, 4) is 23.3 Å². The third-order valence-corrected chi connectivity index (χ3v) is 5.05. The molecule has 1 aliphatic heterocycles. The van der Waals surface area contributed by atoms with Crippen LogP contribution in [0.5, 0.6) is 17.2 Å². The second-order valence-corrected chi connectivity index (χ2v) is 7.39. The molecule has 0 bridgehead atoms. The van der Waals surface area contributed by atoms with E-state index in [1.54, 1.807) is 37.4 Å². The number of nitro groups is 1. The van der Waals surface area contributed by atoms with Crippen LogP contribution in [0.4, 0.5) is 0 Å². The van der Waals surface area contributed by atoms with Crippen molar-refractivity contribution in [2.24, 2.45) is 4.99 Å². The normalized spacial score (nSPS) is 15.3. The van der Waals surface area contributed by atoms with E-state index in [1.165, 1.54) is 25.3 Å². The van der Waals surface area contributed by atoms with Gasteiger partial charge in [0.05, 0.1) is 30.3 Å². The number of nitrogens with zero attached hydrogens (tertiary/aromatic N) is 4. The first kappa shape index (κ1) is 24.6. The largest absolute Gasteiger partial charge is 0.461 e. The van der Waals surface area contributed by atoms with Gasteiger partial charge in [-0.15, -0.1) is 11.8 Å². The van der Waals surface area contributed by atoms with Gasteiger partial charge < -0.3 is 14.2 Å². The van der Waals surface area contributed by atoms with Crippen molar-refractivity contribution < 1.29 is 28.8 Å². The molecule has 3 rings (SSSR count). The molecular formula is C22H20N4O7S. The van der Waals surface area contributed by atoms with Crippen molar-refractivity contribution in [1.29, 1.82) is 5.26 Å². The first-order chi connectivity index (χ1) is 16.4. The lowest BCUT2D eigenvalue weighted by molar-refractivity contribution is -0.421. The molecule has 34 heavy (non-hydrogen) atoms. The number of hydrogen-bond acceptors (Lipinski definition) is 11. The monoisotopic (exact) mass is 484 g/mol. The maximum atomic E-state index is 12.4. The van der Waals surface area contributed by atoms with E-state index in [2.05, 4.69) is 4.99 Å². The van der Waals surface area contributed by atoms with Gasteiger partial charge in [0.1, 0.15) is 17.2 Å². The van der Waals surface area contributed by atoms with Gasteiger partial charge >= 0.3 is 17.5 Å². The molecule has 0 aliphatic carbocycles. The Kier molecular flexibility index (Phi) is 8.07. The molecule has 1 atom stereocenters. The molecule has 2 aromatic carbocycles. The van der Waals surface area contributed by atoms with E-state index in [-0.39, 0.29) is 23.7 Å². The number of benzene rings is 2. The molecule has 1 unspecified atom stereocenters. The molecule has 1 aliphatic rings. The zero-order chi connectivity index (χ0) is 24.7. The summed E-state index contributed by atoms with van der Waals surface area (Å²) in [4.78, 5) is 33.0. The molecule has 0 amide bonds. The molecule has 0 radical (unpaired) electrons. The number of carbonyl (C=O) groups is 1. The molecule has 0 saturated carbocycles. The number of hydrogen-bond donors (Lipinski definition) is 0. The van der Waals surface area contributed by atoms with Crippen LogP contribution in [0.25, 0.3) is 0 Å². The van der Waals surface area contributed by atoms with Gasteiger partial charge in [0, 0.05) is 6.07 Å². The Morgan fingerprint density at radius 1 is 1.21 bits per heavy atom. The van der Waals surface area contributed by atoms with E-state index in [9.17, 15) is 20.2 Å². The van der Waals surface area contributed by atoms with Crippen LogP contribution in [0.2, 0.25) is 0 Å². The topological polar surface area (TPSA) is 137 Å². The zero-order valence-electron chi connectivity index (χ0n) is 18.5. The third kappa shape index (κ3) is 5.45. The van der Waals surface area contributed by atoms with Gasteiger partial charge in [-0.3, -0.25) is 15.0 Å². The minimum atomic E-state index is -0.969. The minimum absolute atomic E-state index is 0.00135. The predicted octanol–water partition coefficient (Wildman–Crippen LogP) is 3.70. The summed E-state index contributed by atoms with van der Waals surface area (Å²) in [6.07, 6.45) is 1.68. The standard InChI is InChI=1S/C22H20N4O7S/c1-4-31-21(27)18-19(26(28)29)20(25(30-2)22(24-18)34-3)33-17-11-14(13-23)10-16(12-17)32-15-8-6-5-7-9-15/h5-12,22H,4H2,1-3H3. The Morgan fingerprint density at radius 3 is 2.44 bits per heavy atom. The summed E-state index contributed by atoms with van der Waals surface area (Å²) >= 11 is 1.15.